The highest BCUT2D eigenvalue weighted by molar-refractivity contribution is 7.99. The first kappa shape index (κ1) is 10.1. The molecule has 2 rings (SSSR count). The molecule has 2 aromatic heterocycles. The maximum Gasteiger partial charge on any atom is 0.228 e. The third-order valence-electron chi connectivity index (χ3n) is 1.39. The van der Waals surface area contributed by atoms with E-state index in [1.54, 1.807) is 7.05 Å². The molecular formula is C6H6ClN7S. The average molecular weight is 244 g/mol. The van der Waals surface area contributed by atoms with Crippen molar-refractivity contribution in [1.29, 1.82) is 0 Å². The van der Waals surface area contributed by atoms with Crippen LogP contribution < -0.4 is 5.32 Å². The summed E-state index contributed by atoms with van der Waals surface area (Å²) >= 11 is 6.93. The molecule has 0 spiro atoms. The Kier molecular flexibility index (Phi) is 2.97. The van der Waals surface area contributed by atoms with Gasteiger partial charge in [-0.25, -0.2) is 4.98 Å². The van der Waals surface area contributed by atoms with Crippen molar-refractivity contribution in [2.45, 2.75) is 10.3 Å². The Balaban J connectivity index is 2.24. The Labute approximate surface area is 94.1 Å². The molecule has 0 radical (unpaired) electrons. The second-order valence-electron chi connectivity index (χ2n) is 2.35. The molecule has 0 fully saturated rings. The Bertz CT molecular complexity index is 445. The zero-order chi connectivity index (χ0) is 10.7. The first-order valence-corrected chi connectivity index (χ1v) is 5.10. The highest BCUT2D eigenvalue weighted by Crippen LogP contribution is 2.21. The minimum atomic E-state index is 0.136. The molecule has 9 heteroatoms. The molecule has 2 N–H and O–H groups in total. The van der Waals surface area contributed by atoms with Gasteiger partial charge in [-0.1, -0.05) is 0 Å². The van der Waals surface area contributed by atoms with E-state index in [4.69, 9.17) is 11.6 Å². The minimum absolute atomic E-state index is 0.136. The molecule has 7 nitrogen and oxygen atoms in total. The van der Waals surface area contributed by atoms with E-state index in [2.05, 4.69) is 35.5 Å². The molecule has 78 valence electrons. The number of aromatic nitrogens is 6. The summed E-state index contributed by atoms with van der Waals surface area (Å²) in [4.78, 5) is 15.8. The SMILES string of the molecule is CNc1nc(Cl)nc(Sc2ncn[nH]2)n1. The third kappa shape index (κ3) is 2.54. The van der Waals surface area contributed by atoms with E-state index in [1.807, 2.05) is 0 Å². The van der Waals surface area contributed by atoms with E-state index in [0.29, 0.717) is 16.3 Å². The molecule has 0 bridgehead atoms. The number of anilines is 1. The lowest BCUT2D eigenvalue weighted by atomic mass is 10.9. The van der Waals surface area contributed by atoms with Gasteiger partial charge < -0.3 is 5.32 Å². The van der Waals surface area contributed by atoms with Crippen LogP contribution in [0.3, 0.4) is 0 Å². The van der Waals surface area contributed by atoms with Crippen LogP contribution in [-0.4, -0.2) is 37.2 Å². The minimum Gasteiger partial charge on any atom is -0.357 e. The lowest BCUT2D eigenvalue weighted by molar-refractivity contribution is 0.895. The summed E-state index contributed by atoms with van der Waals surface area (Å²) < 4.78 is 0. The Morgan fingerprint density at radius 1 is 1.40 bits per heavy atom. The molecule has 0 atom stereocenters. The van der Waals surface area contributed by atoms with Crippen molar-refractivity contribution in [2.75, 3.05) is 12.4 Å². The predicted octanol–water partition coefficient (Wildman–Crippen LogP) is 0.836. The summed E-state index contributed by atoms with van der Waals surface area (Å²) in [5, 5.41) is 10.4. The summed E-state index contributed by atoms with van der Waals surface area (Å²) in [5.41, 5.74) is 0. The van der Waals surface area contributed by atoms with Gasteiger partial charge in [0.05, 0.1) is 0 Å². The number of nitrogens with zero attached hydrogens (tertiary/aromatic N) is 5. The van der Waals surface area contributed by atoms with E-state index in [9.17, 15) is 0 Å². The largest absolute Gasteiger partial charge is 0.357 e. The van der Waals surface area contributed by atoms with Gasteiger partial charge in [-0.15, -0.1) is 0 Å². The predicted molar refractivity (Wildman–Crippen MR) is 54.9 cm³/mol. The summed E-state index contributed by atoms with van der Waals surface area (Å²) in [6, 6.07) is 0. The maximum absolute atomic E-state index is 5.71. The van der Waals surface area contributed by atoms with Crippen LogP contribution in [0.2, 0.25) is 5.28 Å². The molecule has 0 aromatic carbocycles. The van der Waals surface area contributed by atoms with Crippen molar-refractivity contribution < 1.29 is 0 Å². The van der Waals surface area contributed by atoms with Crippen LogP contribution in [-0.2, 0) is 0 Å². The average Bonchev–Trinajstić information content (AvgIpc) is 2.69. The fraction of sp³-hybridized carbons (Fsp3) is 0.167. The Hall–Kier alpha value is -1.41. The molecule has 0 saturated heterocycles. The molecule has 0 amide bonds. The molecule has 0 aliphatic carbocycles. The summed E-state index contributed by atoms with van der Waals surface area (Å²) in [6.07, 6.45) is 1.41. The molecule has 0 aliphatic heterocycles. The number of hydrogen-bond acceptors (Lipinski definition) is 7. The quantitative estimate of drug-likeness (QED) is 0.825. The number of halogens is 1. The van der Waals surface area contributed by atoms with Crippen molar-refractivity contribution in [3.63, 3.8) is 0 Å². The van der Waals surface area contributed by atoms with Crippen LogP contribution in [0.5, 0.6) is 0 Å². The number of hydrogen-bond donors (Lipinski definition) is 2. The fourth-order valence-corrected chi connectivity index (χ4v) is 1.66. The van der Waals surface area contributed by atoms with Crippen molar-refractivity contribution >= 4 is 29.3 Å². The van der Waals surface area contributed by atoms with Crippen molar-refractivity contribution in [3.8, 4) is 0 Å². The maximum atomic E-state index is 5.71. The normalized spacial score (nSPS) is 10.3. The second kappa shape index (κ2) is 4.41. The zero-order valence-corrected chi connectivity index (χ0v) is 9.17. The molecule has 0 unspecified atom stereocenters. The second-order valence-corrected chi connectivity index (χ2v) is 3.65. The smallest absolute Gasteiger partial charge is 0.228 e. The van der Waals surface area contributed by atoms with E-state index in [1.165, 1.54) is 18.1 Å². The van der Waals surface area contributed by atoms with Gasteiger partial charge >= 0.3 is 0 Å². The van der Waals surface area contributed by atoms with Gasteiger partial charge in [0.25, 0.3) is 0 Å². The van der Waals surface area contributed by atoms with E-state index >= 15 is 0 Å². The van der Waals surface area contributed by atoms with Gasteiger partial charge in [-0.2, -0.15) is 20.1 Å². The molecule has 2 heterocycles. The van der Waals surface area contributed by atoms with Crippen molar-refractivity contribution in [3.05, 3.63) is 11.6 Å². The van der Waals surface area contributed by atoms with Crippen molar-refractivity contribution in [2.24, 2.45) is 0 Å². The number of H-pyrrole nitrogens is 1. The van der Waals surface area contributed by atoms with Crippen LogP contribution in [0, 0.1) is 0 Å². The van der Waals surface area contributed by atoms with Gasteiger partial charge in [-0.05, 0) is 23.4 Å². The lowest BCUT2D eigenvalue weighted by Crippen LogP contribution is -2.00. The fourth-order valence-electron chi connectivity index (χ4n) is 0.819. The van der Waals surface area contributed by atoms with E-state index in [0.717, 1.165) is 0 Å². The summed E-state index contributed by atoms with van der Waals surface area (Å²) in [7, 11) is 1.70. The summed E-state index contributed by atoms with van der Waals surface area (Å²) in [5.74, 6) is 0.414. The molecule has 0 saturated carbocycles. The first-order valence-electron chi connectivity index (χ1n) is 3.90. The number of aromatic amines is 1. The summed E-state index contributed by atoms with van der Waals surface area (Å²) in [6.45, 7) is 0. The van der Waals surface area contributed by atoms with E-state index in [-0.39, 0.29) is 5.28 Å². The molecule has 2 aromatic rings. The van der Waals surface area contributed by atoms with Crippen LogP contribution in [0.4, 0.5) is 5.95 Å². The standard InChI is InChI=1S/C6H6ClN7S/c1-8-4-11-3(7)12-6(13-4)15-5-9-2-10-14-5/h2H,1H3,(H,9,10,14)(H,8,11,12,13). The highest BCUT2D eigenvalue weighted by Gasteiger charge is 2.07. The van der Waals surface area contributed by atoms with Gasteiger partial charge in [-0.3, -0.25) is 5.10 Å². The van der Waals surface area contributed by atoms with Crippen LogP contribution in [0.15, 0.2) is 16.6 Å². The Morgan fingerprint density at radius 3 is 2.93 bits per heavy atom. The monoisotopic (exact) mass is 243 g/mol. The van der Waals surface area contributed by atoms with Crippen LogP contribution in [0.1, 0.15) is 0 Å². The first-order chi connectivity index (χ1) is 7.28. The molecular weight excluding hydrogens is 238 g/mol. The molecule has 15 heavy (non-hydrogen) atoms. The molecule has 0 aliphatic rings. The third-order valence-corrected chi connectivity index (χ3v) is 2.32. The highest BCUT2D eigenvalue weighted by atomic mass is 35.5. The van der Waals surface area contributed by atoms with Crippen LogP contribution >= 0.6 is 23.4 Å². The Morgan fingerprint density at radius 2 is 2.27 bits per heavy atom. The number of nitrogens with one attached hydrogen (secondary N) is 2. The number of rotatable bonds is 3. The van der Waals surface area contributed by atoms with E-state index < -0.39 is 0 Å². The van der Waals surface area contributed by atoms with Gasteiger partial charge in [0, 0.05) is 7.05 Å². The lowest BCUT2D eigenvalue weighted by Gasteiger charge is -2.00. The van der Waals surface area contributed by atoms with Crippen LogP contribution in [0.25, 0.3) is 0 Å². The topological polar surface area (TPSA) is 92.3 Å². The van der Waals surface area contributed by atoms with Gasteiger partial charge in [0.15, 0.2) is 5.16 Å². The van der Waals surface area contributed by atoms with Gasteiger partial charge in [0.2, 0.25) is 16.4 Å². The van der Waals surface area contributed by atoms with Crippen molar-refractivity contribution in [1.82, 2.24) is 30.1 Å². The van der Waals surface area contributed by atoms with Gasteiger partial charge in [0.1, 0.15) is 6.33 Å². The zero-order valence-electron chi connectivity index (χ0n) is 7.60.